The molecule has 8 heteroatoms. The van der Waals surface area contributed by atoms with Gasteiger partial charge in [0.1, 0.15) is 18.2 Å². The van der Waals surface area contributed by atoms with Gasteiger partial charge >= 0.3 is 0 Å². The largest absolute Gasteiger partial charge is 0.367 e. The Morgan fingerprint density at radius 3 is 2.47 bits per heavy atom. The maximum atomic E-state index is 13.9. The van der Waals surface area contributed by atoms with Crippen LogP contribution in [0.2, 0.25) is 0 Å². The summed E-state index contributed by atoms with van der Waals surface area (Å²) in [4.78, 5) is 44.1. The van der Waals surface area contributed by atoms with Gasteiger partial charge in [-0.25, -0.2) is 0 Å². The molecule has 3 heterocycles. The van der Waals surface area contributed by atoms with Crippen molar-refractivity contribution >= 4 is 29.4 Å². The minimum atomic E-state index is -0.942. The smallest absolute Gasteiger partial charge is 0.252 e. The van der Waals surface area contributed by atoms with E-state index in [-0.39, 0.29) is 35.6 Å². The first-order valence-corrected chi connectivity index (χ1v) is 14.9. The van der Waals surface area contributed by atoms with Crippen LogP contribution < -0.4 is 5.32 Å². The van der Waals surface area contributed by atoms with Gasteiger partial charge < -0.3 is 19.9 Å². The van der Waals surface area contributed by atoms with Crippen molar-refractivity contribution in [1.82, 2.24) is 15.1 Å². The summed E-state index contributed by atoms with van der Waals surface area (Å²) in [6, 6.07) is 7.45. The lowest BCUT2D eigenvalue weighted by molar-refractivity contribution is -0.141. The third kappa shape index (κ3) is 4.84. The molecule has 2 amide bonds. The topological polar surface area (TPSA) is 79.0 Å². The third-order valence-electron chi connectivity index (χ3n) is 8.69. The van der Waals surface area contributed by atoms with Crippen LogP contribution in [0.15, 0.2) is 24.3 Å². The quantitative estimate of drug-likeness (QED) is 0.603. The molecular formula is C28H39N3O4S. The summed E-state index contributed by atoms with van der Waals surface area (Å²) in [5, 5.41) is 3.22. The van der Waals surface area contributed by atoms with E-state index < -0.39 is 11.6 Å². The number of hydrogen-bond donors (Lipinski definition) is 1. The first-order chi connectivity index (χ1) is 17.5. The monoisotopic (exact) mass is 513 g/mol. The highest BCUT2D eigenvalue weighted by molar-refractivity contribution is 7.99. The van der Waals surface area contributed by atoms with Gasteiger partial charge in [0.2, 0.25) is 5.91 Å². The summed E-state index contributed by atoms with van der Waals surface area (Å²) in [5.41, 5.74) is 0.936. The number of carbonyl (C=O) groups excluding carboxylic acids is 3. The lowest BCUT2D eigenvalue weighted by Crippen LogP contribution is -2.60. The second kappa shape index (κ2) is 10.8. The van der Waals surface area contributed by atoms with E-state index in [1.165, 1.54) is 18.5 Å². The van der Waals surface area contributed by atoms with Gasteiger partial charge in [-0.3, -0.25) is 14.4 Å². The molecule has 4 aliphatic rings. The van der Waals surface area contributed by atoms with Crippen molar-refractivity contribution in [1.29, 1.82) is 0 Å². The second-order valence-corrected chi connectivity index (χ2v) is 12.0. The van der Waals surface area contributed by atoms with Crippen LogP contribution in [0.1, 0.15) is 73.7 Å². The Bertz CT molecular complexity index is 970. The van der Waals surface area contributed by atoms with Crippen molar-refractivity contribution in [2.24, 2.45) is 0 Å². The Labute approximate surface area is 218 Å². The highest BCUT2D eigenvalue weighted by Crippen LogP contribution is 2.39. The fourth-order valence-corrected chi connectivity index (χ4v) is 7.48. The van der Waals surface area contributed by atoms with E-state index in [0.29, 0.717) is 30.9 Å². The van der Waals surface area contributed by atoms with Crippen LogP contribution in [0, 0.1) is 0 Å². The lowest BCUT2D eigenvalue weighted by atomic mass is 9.88. The van der Waals surface area contributed by atoms with Gasteiger partial charge in [0.25, 0.3) is 5.91 Å². The summed E-state index contributed by atoms with van der Waals surface area (Å²) < 4.78 is 5.74. The molecule has 0 aromatic heterocycles. The molecule has 1 aromatic rings. The van der Waals surface area contributed by atoms with Gasteiger partial charge in [-0.2, -0.15) is 11.8 Å². The Balaban J connectivity index is 1.27. The molecule has 0 radical (unpaired) electrons. The fraction of sp³-hybridized carbons (Fsp3) is 0.679. The number of likely N-dealkylation sites (tertiary alicyclic amines) is 2. The van der Waals surface area contributed by atoms with Crippen molar-refractivity contribution in [2.75, 3.05) is 39.0 Å². The highest BCUT2D eigenvalue weighted by atomic mass is 32.2. The summed E-state index contributed by atoms with van der Waals surface area (Å²) in [7, 11) is 0. The normalized spacial score (nSPS) is 28.4. The predicted octanol–water partition coefficient (Wildman–Crippen LogP) is 3.23. The number of benzene rings is 1. The minimum absolute atomic E-state index is 0.0273. The van der Waals surface area contributed by atoms with Crippen LogP contribution in [0.3, 0.4) is 0 Å². The number of fused-ring (bicyclic) bond motifs is 1. The maximum Gasteiger partial charge on any atom is 0.252 e. The van der Waals surface area contributed by atoms with Crippen LogP contribution in [0.4, 0.5) is 0 Å². The van der Waals surface area contributed by atoms with Gasteiger partial charge in [-0.15, -0.1) is 0 Å². The van der Waals surface area contributed by atoms with E-state index in [1.54, 1.807) is 16.7 Å². The predicted molar refractivity (Wildman–Crippen MR) is 141 cm³/mol. The Morgan fingerprint density at radius 1 is 1.14 bits per heavy atom. The van der Waals surface area contributed by atoms with Gasteiger partial charge in [0, 0.05) is 12.1 Å². The van der Waals surface area contributed by atoms with Crippen molar-refractivity contribution < 1.29 is 19.1 Å². The molecule has 1 aromatic carbocycles. The number of ether oxygens (including phenoxy) is 1. The zero-order chi connectivity index (χ0) is 25.3. The van der Waals surface area contributed by atoms with Crippen LogP contribution in [0.5, 0.6) is 0 Å². The molecule has 3 atom stereocenters. The minimum Gasteiger partial charge on any atom is -0.367 e. The van der Waals surface area contributed by atoms with E-state index in [1.807, 2.05) is 18.4 Å². The number of thioether (sulfide) groups is 1. The summed E-state index contributed by atoms with van der Waals surface area (Å²) in [6.45, 7) is 6.22. The molecule has 4 fully saturated rings. The number of piperidine rings is 1. The second-order valence-electron chi connectivity index (χ2n) is 10.9. The van der Waals surface area contributed by atoms with Crippen molar-refractivity contribution in [3.05, 3.63) is 35.4 Å². The van der Waals surface area contributed by atoms with Gasteiger partial charge in [-0.1, -0.05) is 31.9 Å². The first kappa shape index (κ1) is 25.7. The zero-order valence-corrected chi connectivity index (χ0v) is 22.4. The average Bonchev–Trinajstić information content (AvgIpc) is 3.62. The van der Waals surface area contributed by atoms with Crippen LogP contribution in [-0.4, -0.2) is 89.4 Å². The molecule has 5 rings (SSSR count). The maximum absolute atomic E-state index is 13.9. The number of carbonyl (C=O) groups is 3. The number of rotatable bonds is 7. The van der Waals surface area contributed by atoms with E-state index in [2.05, 4.69) is 29.3 Å². The lowest BCUT2D eigenvalue weighted by Gasteiger charge is -2.35. The van der Waals surface area contributed by atoms with Gasteiger partial charge in [-0.05, 0) is 81.6 Å². The van der Waals surface area contributed by atoms with Crippen LogP contribution >= 0.6 is 11.8 Å². The summed E-state index contributed by atoms with van der Waals surface area (Å²) in [6.07, 6.45) is 8.25. The van der Waals surface area contributed by atoms with Crippen molar-refractivity contribution in [3.8, 4) is 0 Å². The molecule has 0 unspecified atom stereocenters. The van der Waals surface area contributed by atoms with Crippen LogP contribution in [0.25, 0.3) is 0 Å². The molecule has 1 aliphatic carbocycles. The molecule has 3 saturated heterocycles. The van der Waals surface area contributed by atoms with E-state index in [0.717, 1.165) is 38.8 Å². The molecule has 0 spiro atoms. The molecule has 1 saturated carbocycles. The van der Waals surface area contributed by atoms with Crippen molar-refractivity contribution in [2.45, 2.75) is 80.7 Å². The fourth-order valence-electron chi connectivity index (χ4n) is 6.68. The first-order valence-electron chi connectivity index (χ1n) is 13.6. The number of amides is 2. The van der Waals surface area contributed by atoms with E-state index in [4.69, 9.17) is 4.74 Å². The molecule has 36 heavy (non-hydrogen) atoms. The number of nitrogens with one attached hydrogen (secondary N) is 1. The number of hydrogen-bond acceptors (Lipinski definition) is 6. The molecule has 1 N–H and O–H groups in total. The number of nitrogens with zero attached hydrogens (tertiary/aromatic N) is 2. The van der Waals surface area contributed by atoms with E-state index in [9.17, 15) is 14.4 Å². The van der Waals surface area contributed by atoms with Crippen LogP contribution in [-0.2, 0) is 14.3 Å². The standard InChI is InChI=1S/C28H39N3O4S/c1-3-14-30-15-10-20(11-16-30)19-6-8-21(9-7-19)26(33)29-28(12-4-5-13-28)27(34)31-17-23(36-2)25-24(31)22(32)18-35-25/h6-9,20,23-25H,3-5,10-18H2,1-2H3,(H,29,33)/t23-,24+,25+/m0/s1. The average molecular weight is 514 g/mol. The Kier molecular flexibility index (Phi) is 7.75. The SMILES string of the molecule is CCCN1CCC(c2ccc(C(=O)NC3(C(=O)N4C[C@H](SC)[C@H]5OCC(=O)[C@H]54)CCCC3)cc2)CC1. The molecule has 196 valence electrons. The van der Waals surface area contributed by atoms with Crippen molar-refractivity contribution in [3.63, 3.8) is 0 Å². The summed E-state index contributed by atoms with van der Waals surface area (Å²) >= 11 is 1.64. The number of Topliss-reactive ketones (excluding diaryl/α,β-unsaturated/α-hetero) is 1. The van der Waals surface area contributed by atoms with Gasteiger partial charge in [0.15, 0.2) is 5.78 Å². The highest BCUT2D eigenvalue weighted by Gasteiger charge is 2.56. The third-order valence-corrected chi connectivity index (χ3v) is 9.72. The Morgan fingerprint density at radius 2 is 1.83 bits per heavy atom. The summed E-state index contributed by atoms with van der Waals surface area (Å²) in [5.74, 6) is 0.187. The zero-order valence-electron chi connectivity index (χ0n) is 21.5. The Hall–Kier alpha value is -1.90. The molecule has 7 nitrogen and oxygen atoms in total. The molecule has 0 bridgehead atoms. The van der Waals surface area contributed by atoms with Gasteiger partial charge in [0.05, 0.1) is 11.4 Å². The number of ketones is 1. The molecular weight excluding hydrogens is 474 g/mol. The van der Waals surface area contributed by atoms with E-state index >= 15 is 0 Å². The molecule has 3 aliphatic heterocycles.